The van der Waals surface area contributed by atoms with Crippen molar-refractivity contribution in [2.45, 2.75) is 0 Å². The van der Waals surface area contributed by atoms with Gasteiger partial charge in [-0.2, -0.15) is 0 Å². The van der Waals surface area contributed by atoms with Crippen molar-refractivity contribution >= 4 is 28.4 Å². The molecular formula is C21H19NO3. The number of methoxy groups -OCH3 is 2. The molecule has 0 aliphatic rings. The average Bonchev–Trinajstić information content (AvgIpc) is 2.66. The van der Waals surface area contributed by atoms with E-state index in [2.05, 4.69) is 17.4 Å². The van der Waals surface area contributed by atoms with E-state index in [0.717, 1.165) is 16.3 Å². The molecule has 3 aromatic carbocycles. The number of hydrogen-bond acceptors (Lipinski definition) is 3. The number of nitrogens with one attached hydrogen (secondary N) is 1. The van der Waals surface area contributed by atoms with Crippen LogP contribution in [-0.4, -0.2) is 20.1 Å². The summed E-state index contributed by atoms with van der Waals surface area (Å²) in [6, 6.07) is 19.4. The van der Waals surface area contributed by atoms with E-state index in [4.69, 9.17) is 9.47 Å². The second-order valence-corrected chi connectivity index (χ2v) is 5.46. The van der Waals surface area contributed by atoms with Crippen molar-refractivity contribution in [1.29, 1.82) is 0 Å². The van der Waals surface area contributed by atoms with Gasteiger partial charge in [0.25, 0.3) is 0 Å². The summed E-state index contributed by atoms with van der Waals surface area (Å²) >= 11 is 0. The third-order valence-corrected chi connectivity index (χ3v) is 3.89. The fraction of sp³-hybridized carbons (Fsp3) is 0.0952. The number of carbonyl (C=O) groups is 1. The Labute approximate surface area is 146 Å². The minimum absolute atomic E-state index is 0.208. The molecule has 3 aromatic rings. The van der Waals surface area contributed by atoms with Gasteiger partial charge in [0.1, 0.15) is 0 Å². The quantitative estimate of drug-likeness (QED) is 0.699. The van der Waals surface area contributed by atoms with E-state index in [1.165, 1.54) is 6.08 Å². The van der Waals surface area contributed by atoms with Gasteiger partial charge in [-0.25, -0.2) is 0 Å². The highest BCUT2D eigenvalue weighted by atomic mass is 16.5. The minimum atomic E-state index is -0.208. The fourth-order valence-electron chi connectivity index (χ4n) is 2.66. The first kappa shape index (κ1) is 16.6. The van der Waals surface area contributed by atoms with Crippen LogP contribution in [0.4, 0.5) is 5.69 Å². The van der Waals surface area contributed by atoms with Crippen LogP contribution in [0.5, 0.6) is 11.5 Å². The summed E-state index contributed by atoms with van der Waals surface area (Å²) in [7, 11) is 3.13. The SMILES string of the molecule is COc1ccc(NC(=O)/C=C/c2cccc3ccccc23)cc1OC. The molecule has 4 nitrogen and oxygen atoms in total. The molecule has 0 atom stereocenters. The van der Waals surface area contributed by atoms with E-state index in [9.17, 15) is 4.79 Å². The van der Waals surface area contributed by atoms with Crippen LogP contribution >= 0.6 is 0 Å². The zero-order valence-electron chi connectivity index (χ0n) is 14.2. The van der Waals surface area contributed by atoms with Gasteiger partial charge in [0.05, 0.1) is 14.2 Å². The normalized spacial score (nSPS) is 10.8. The summed E-state index contributed by atoms with van der Waals surface area (Å²) in [4.78, 5) is 12.2. The monoisotopic (exact) mass is 333 g/mol. The van der Waals surface area contributed by atoms with Gasteiger partial charge >= 0.3 is 0 Å². The molecule has 0 fully saturated rings. The molecular weight excluding hydrogens is 314 g/mol. The van der Waals surface area contributed by atoms with Crippen LogP contribution in [0.2, 0.25) is 0 Å². The van der Waals surface area contributed by atoms with E-state index in [0.29, 0.717) is 17.2 Å². The zero-order chi connectivity index (χ0) is 17.6. The van der Waals surface area contributed by atoms with Gasteiger partial charge in [0.2, 0.25) is 5.91 Å². The largest absolute Gasteiger partial charge is 0.493 e. The summed E-state index contributed by atoms with van der Waals surface area (Å²) in [5.74, 6) is 0.977. The van der Waals surface area contributed by atoms with Crippen molar-refractivity contribution in [3.8, 4) is 11.5 Å². The van der Waals surface area contributed by atoms with E-state index in [-0.39, 0.29) is 5.91 Å². The van der Waals surface area contributed by atoms with Gasteiger partial charge < -0.3 is 14.8 Å². The molecule has 0 aliphatic heterocycles. The molecule has 1 N–H and O–H groups in total. The van der Waals surface area contributed by atoms with Crippen LogP contribution < -0.4 is 14.8 Å². The van der Waals surface area contributed by atoms with Gasteiger partial charge in [-0.1, -0.05) is 42.5 Å². The molecule has 0 aromatic heterocycles. The van der Waals surface area contributed by atoms with Gasteiger partial charge in [-0.15, -0.1) is 0 Å². The van der Waals surface area contributed by atoms with Gasteiger partial charge in [-0.05, 0) is 34.5 Å². The first-order chi connectivity index (χ1) is 12.2. The molecule has 1 amide bonds. The van der Waals surface area contributed by atoms with E-state index in [1.807, 2.05) is 36.4 Å². The zero-order valence-corrected chi connectivity index (χ0v) is 14.2. The lowest BCUT2D eigenvalue weighted by Crippen LogP contribution is -2.08. The van der Waals surface area contributed by atoms with Gasteiger partial charge in [0, 0.05) is 17.8 Å². The Kier molecular flexibility index (Phi) is 5.00. The molecule has 0 unspecified atom stereocenters. The lowest BCUT2D eigenvalue weighted by molar-refractivity contribution is -0.111. The molecule has 0 saturated heterocycles. The number of carbonyl (C=O) groups excluding carboxylic acids is 1. The highest BCUT2D eigenvalue weighted by molar-refractivity contribution is 6.03. The third kappa shape index (κ3) is 3.80. The van der Waals surface area contributed by atoms with E-state index < -0.39 is 0 Å². The predicted molar refractivity (Wildman–Crippen MR) is 101 cm³/mol. The first-order valence-electron chi connectivity index (χ1n) is 7.90. The number of benzene rings is 3. The van der Waals surface area contributed by atoms with Crippen molar-refractivity contribution in [2.24, 2.45) is 0 Å². The number of ether oxygens (including phenoxy) is 2. The van der Waals surface area contributed by atoms with Gasteiger partial charge in [-0.3, -0.25) is 4.79 Å². The topological polar surface area (TPSA) is 47.6 Å². The maximum absolute atomic E-state index is 12.2. The maximum atomic E-state index is 12.2. The van der Waals surface area contributed by atoms with Crippen molar-refractivity contribution < 1.29 is 14.3 Å². The predicted octanol–water partition coefficient (Wildman–Crippen LogP) is 4.51. The molecule has 0 radical (unpaired) electrons. The highest BCUT2D eigenvalue weighted by Gasteiger charge is 2.06. The van der Waals surface area contributed by atoms with Crippen LogP contribution in [0.3, 0.4) is 0 Å². The molecule has 126 valence electrons. The summed E-state index contributed by atoms with van der Waals surface area (Å²) in [5.41, 5.74) is 1.64. The van der Waals surface area contributed by atoms with Crippen LogP contribution in [0.1, 0.15) is 5.56 Å². The molecule has 3 rings (SSSR count). The summed E-state index contributed by atoms with van der Waals surface area (Å²) in [6.45, 7) is 0. The molecule has 0 spiro atoms. The lowest BCUT2D eigenvalue weighted by atomic mass is 10.0. The third-order valence-electron chi connectivity index (χ3n) is 3.89. The average molecular weight is 333 g/mol. The van der Waals surface area contributed by atoms with Crippen molar-refractivity contribution in [1.82, 2.24) is 0 Å². The van der Waals surface area contributed by atoms with E-state index in [1.54, 1.807) is 32.4 Å². The molecule has 25 heavy (non-hydrogen) atoms. The Morgan fingerprint density at radius 2 is 1.68 bits per heavy atom. The lowest BCUT2D eigenvalue weighted by Gasteiger charge is -2.09. The Hall–Kier alpha value is -3.27. The number of rotatable bonds is 5. The van der Waals surface area contributed by atoms with Crippen LogP contribution in [0, 0.1) is 0 Å². The number of fused-ring (bicyclic) bond motifs is 1. The second kappa shape index (κ2) is 7.53. The molecule has 4 heteroatoms. The number of amides is 1. The van der Waals surface area contributed by atoms with Gasteiger partial charge in [0.15, 0.2) is 11.5 Å². The van der Waals surface area contributed by atoms with E-state index >= 15 is 0 Å². The highest BCUT2D eigenvalue weighted by Crippen LogP contribution is 2.29. The maximum Gasteiger partial charge on any atom is 0.248 e. The molecule has 0 heterocycles. The molecule has 0 saturated carbocycles. The molecule has 0 bridgehead atoms. The van der Waals surface area contributed by atoms with Crippen molar-refractivity contribution in [2.75, 3.05) is 19.5 Å². The Morgan fingerprint density at radius 1 is 0.920 bits per heavy atom. The van der Waals surface area contributed by atoms with Crippen molar-refractivity contribution in [3.63, 3.8) is 0 Å². The Bertz CT molecular complexity index is 926. The standard InChI is InChI=1S/C21H19NO3/c1-24-19-12-11-17(14-20(19)25-2)22-21(23)13-10-16-8-5-7-15-6-3-4-9-18(15)16/h3-14H,1-2H3,(H,22,23)/b13-10+. The Morgan fingerprint density at radius 3 is 2.48 bits per heavy atom. The molecule has 0 aliphatic carbocycles. The minimum Gasteiger partial charge on any atom is -0.493 e. The Balaban J connectivity index is 1.77. The smallest absolute Gasteiger partial charge is 0.248 e. The number of hydrogen-bond donors (Lipinski definition) is 1. The summed E-state index contributed by atoms with van der Waals surface area (Å²) in [6.07, 6.45) is 3.34. The summed E-state index contributed by atoms with van der Waals surface area (Å²) < 4.78 is 10.4. The van der Waals surface area contributed by atoms with Crippen LogP contribution in [0.15, 0.2) is 66.7 Å². The van der Waals surface area contributed by atoms with Crippen LogP contribution in [0.25, 0.3) is 16.8 Å². The van der Waals surface area contributed by atoms with Crippen LogP contribution in [-0.2, 0) is 4.79 Å². The fourth-order valence-corrected chi connectivity index (χ4v) is 2.66. The van der Waals surface area contributed by atoms with Crippen molar-refractivity contribution in [3.05, 3.63) is 72.3 Å². The first-order valence-corrected chi connectivity index (χ1v) is 7.90. The summed E-state index contributed by atoms with van der Waals surface area (Å²) in [5, 5.41) is 5.08. The number of anilines is 1. The second-order valence-electron chi connectivity index (χ2n) is 5.46.